The van der Waals surface area contributed by atoms with Crippen LogP contribution in [0, 0.1) is 0 Å². The number of aromatic nitrogens is 2. The van der Waals surface area contributed by atoms with Crippen LogP contribution in [0.1, 0.15) is 44.9 Å². The molecule has 5 rings (SSSR count). The van der Waals surface area contributed by atoms with E-state index in [0.29, 0.717) is 45.5 Å². The molecule has 0 saturated heterocycles. The molecule has 2 aromatic carbocycles. The van der Waals surface area contributed by atoms with E-state index in [9.17, 15) is 9.59 Å². The highest BCUT2D eigenvalue weighted by atomic mass is 16.5. The number of fused-ring (bicyclic) bond motifs is 1. The number of esters is 1. The standard InChI is InChI=1S/C26H23N3O6/c1-4-34-26(31)15-7-10-17(11-8-15)29-24(16-9-12-18(32-2)20(14-16)33-3)21-22(19-6-5-13-35-19)27-28-23(21)25(29)30/h5-14,24H,4H2,1-3H3,(H,27,28). The first-order valence-corrected chi connectivity index (χ1v) is 11.0. The molecule has 35 heavy (non-hydrogen) atoms. The Balaban J connectivity index is 1.65. The molecule has 4 aromatic rings. The molecule has 9 nitrogen and oxygen atoms in total. The fourth-order valence-electron chi connectivity index (χ4n) is 4.33. The molecule has 0 fully saturated rings. The monoisotopic (exact) mass is 473 g/mol. The number of ether oxygens (including phenoxy) is 3. The number of methoxy groups -OCH3 is 2. The molecule has 0 bridgehead atoms. The van der Waals surface area contributed by atoms with Crippen LogP contribution in [0.25, 0.3) is 11.5 Å². The Bertz CT molecular complexity index is 1370. The fourth-order valence-corrected chi connectivity index (χ4v) is 4.33. The van der Waals surface area contributed by atoms with Gasteiger partial charge in [0.15, 0.2) is 23.0 Å². The van der Waals surface area contributed by atoms with Gasteiger partial charge in [-0.1, -0.05) is 6.07 Å². The maximum absolute atomic E-state index is 13.6. The summed E-state index contributed by atoms with van der Waals surface area (Å²) < 4.78 is 21.6. The molecule has 0 aliphatic carbocycles. The number of carbonyl (C=O) groups is 2. The summed E-state index contributed by atoms with van der Waals surface area (Å²) in [5.41, 5.74) is 3.39. The third-order valence-corrected chi connectivity index (χ3v) is 5.90. The van der Waals surface area contributed by atoms with Crippen LogP contribution in [0.5, 0.6) is 11.5 Å². The van der Waals surface area contributed by atoms with Crippen molar-refractivity contribution < 1.29 is 28.2 Å². The first kappa shape index (κ1) is 22.3. The second-order valence-electron chi connectivity index (χ2n) is 7.80. The highest BCUT2D eigenvalue weighted by Gasteiger charge is 2.44. The Kier molecular flexibility index (Phi) is 5.74. The van der Waals surface area contributed by atoms with Crippen LogP contribution in [-0.2, 0) is 4.74 Å². The maximum Gasteiger partial charge on any atom is 0.338 e. The zero-order valence-corrected chi connectivity index (χ0v) is 19.4. The minimum atomic E-state index is -0.537. The summed E-state index contributed by atoms with van der Waals surface area (Å²) in [6.45, 7) is 2.03. The van der Waals surface area contributed by atoms with Crippen LogP contribution in [0.3, 0.4) is 0 Å². The molecule has 1 aliphatic rings. The SMILES string of the molecule is CCOC(=O)c1ccc(N2C(=O)c3n[nH]c(-c4ccco4)c3C2c2ccc(OC)c(OC)c2)cc1. The number of H-pyrrole nitrogens is 1. The quantitative estimate of drug-likeness (QED) is 0.391. The van der Waals surface area contributed by atoms with Crippen molar-refractivity contribution in [1.29, 1.82) is 0 Å². The van der Waals surface area contributed by atoms with Crippen LogP contribution in [0.2, 0.25) is 0 Å². The second kappa shape index (κ2) is 9.02. The number of amides is 1. The van der Waals surface area contributed by atoms with Gasteiger partial charge in [0.25, 0.3) is 5.91 Å². The lowest BCUT2D eigenvalue weighted by Gasteiger charge is -2.27. The van der Waals surface area contributed by atoms with E-state index in [1.807, 2.05) is 12.1 Å². The van der Waals surface area contributed by atoms with E-state index in [1.54, 1.807) is 74.8 Å². The van der Waals surface area contributed by atoms with Gasteiger partial charge in [-0.2, -0.15) is 5.10 Å². The molecule has 0 spiro atoms. The summed E-state index contributed by atoms with van der Waals surface area (Å²) in [5, 5.41) is 7.29. The van der Waals surface area contributed by atoms with Gasteiger partial charge < -0.3 is 18.6 Å². The number of rotatable bonds is 7. The van der Waals surface area contributed by atoms with Gasteiger partial charge in [-0.25, -0.2) is 4.79 Å². The highest BCUT2D eigenvalue weighted by Crippen LogP contribution is 2.46. The molecule has 1 N–H and O–H groups in total. The third kappa shape index (κ3) is 3.71. The van der Waals surface area contributed by atoms with Gasteiger partial charge >= 0.3 is 5.97 Å². The van der Waals surface area contributed by atoms with Crippen LogP contribution in [-0.4, -0.2) is 42.9 Å². The number of anilines is 1. The molecule has 2 aromatic heterocycles. The predicted octanol–water partition coefficient (Wildman–Crippen LogP) is 4.61. The fraction of sp³-hybridized carbons (Fsp3) is 0.192. The summed E-state index contributed by atoms with van der Waals surface area (Å²) >= 11 is 0. The first-order valence-electron chi connectivity index (χ1n) is 11.0. The number of nitrogens with zero attached hydrogens (tertiary/aromatic N) is 2. The van der Waals surface area contributed by atoms with E-state index in [2.05, 4.69) is 10.2 Å². The molecule has 1 amide bonds. The molecule has 178 valence electrons. The van der Waals surface area contributed by atoms with Crippen LogP contribution in [0.15, 0.2) is 65.3 Å². The van der Waals surface area contributed by atoms with E-state index >= 15 is 0 Å². The Hall–Kier alpha value is -4.53. The van der Waals surface area contributed by atoms with Gasteiger partial charge in [-0.3, -0.25) is 14.8 Å². The molecule has 3 heterocycles. The number of hydrogen-bond acceptors (Lipinski definition) is 7. The van der Waals surface area contributed by atoms with Crippen LogP contribution in [0.4, 0.5) is 5.69 Å². The maximum atomic E-state index is 13.6. The van der Waals surface area contributed by atoms with Crippen molar-refractivity contribution in [2.45, 2.75) is 13.0 Å². The minimum Gasteiger partial charge on any atom is -0.493 e. The number of nitrogens with one attached hydrogen (secondary N) is 1. The zero-order valence-electron chi connectivity index (χ0n) is 19.4. The summed E-state index contributed by atoms with van der Waals surface area (Å²) in [4.78, 5) is 27.4. The lowest BCUT2D eigenvalue weighted by atomic mass is 9.97. The van der Waals surface area contributed by atoms with Gasteiger partial charge in [-0.15, -0.1) is 0 Å². The minimum absolute atomic E-state index is 0.280. The molecule has 9 heteroatoms. The van der Waals surface area contributed by atoms with Crippen LogP contribution < -0.4 is 14.4 Å². The average molecular weight is 473 g/mol. The summed E-state index contributed by atoms with van der Waals surface area (Å²) in [6, 6.07) is 15.3. The van der Waals surface area contributed by atoms with Crippen LogP contribution >= 0.6 is 0 Å². The smallest absolute Gasteiger partial charge is 0.338 e. The van der Waals surface area contributed by atoms with Gasteiger partial charge in [0.1, 0.15) is 5.69 Å². The normalized spacial score (nSPS) is 14.7. The Morgan fingerprint density at radius 2 is 1.86 bits per heavy atom. The lowest BCUT2D eigenvalue weighted by molar-refractivity contribution is 0.0526. The van der Waals surface area contributed by atoms with E-state index in [4.69, 9.17) is 18.6 Å². The summed E-state index contributed by atoms with van der Waals surface area (Å²) in [7, 11) is 3.13. The van der Waals surface area contributed by atoms with E-state index in [-0.39, 0.29) is 12.5 Å². The number of furan rings is 1. The van der Waals surface area contributed by atoms with Crippen molar-refractivity contribution >= 4 is 17.6 Å². The summed E-state index contributed by atoms with van der Waals surface area (Å²) in [5.74, 6) is 0.974. The van der Waals surface area contributed by atoms with Gasteiger partial charge in [0, 0.05) is 11.3 Å². The molecule has 1 atom stereocenters. The van der Waals surface area contributed by atoms with Gasteiger partial charge in [0.2, 0.25) is 0 Å². The van der Waals surface area contributed by atoms with Crippen molar-refractivity contribution in [2.24, 2.45) is 0 Å². The predicted molar refractivity (Wildman–Crippen MR) is 127 cm³/mol. The van der Waals surface area contributed by atoms with E-state index in [0.717, 1.165) is 5.56 Å². The second-order valence-corrected chi connectivity index (χ2v) is 7.80. The highest BCUT2D eigenvalue weighted by molar-refractivity contribution is 6.11. The summed E-state index contributed by atoms with van der Waals surface area (Å²) in [6.07, 6.45) is 1.57. The van der Waals surface area contributed by atoms with Crippen molar-refractivity contribution in [3.05, 3.63) is 83.2 Å². The number of carbonyl (C=O) groups excluding carboxylic acids is 2. The number of hydrogen-bond donors (Lipinski definition) is 1. The number of benzene rings is 2. The van der Waals surface area contributed by atoms with Crippen molar-refractivity contribution in [2.75, 3.05) is 25.7 Å². The van der Waals surface area contributed by atoms with Crippen molar-refractivity contribution in [1.82, 2.24) is 10.2 Å². The zero-order chi connectivity index (χ0) is 24.5. The Labute approximate surface area is 201 Å². The third-order valence-electron chi connectivity index (χ3n) is 5.90. The average Bonchev–Trinajstić information content (AvgIpc) is 3.62. The lowest BCUT2D eigenvalue weighted by Crippen LogP contribution is -2.29. The first-order chi connectivity index (χ1) is 17.1. The van der Waals surface area contributed by atoms with Crippen molar-refractivity contribution in [3.63, 3.8) is 0 Å². The molecule has 1 aliphatic heterocycles. The van der Waals surface area contributed by atoms with E-state index < -0.39 is 12.0 Å². The molecule has 0 radical (unpaired) electrons. The molecule has 0 saturated carbocycles. The molecular formula is C26H23N3O6. The number of aromatic amines is 1. The molecular weight excluding hydrogens is 450 g/mol. The molecule has 1 unspecified atom stereocenters. The topological polar surface area (TPSA) is 107 Å². The van der Waals surface area contributed by atoms with E-state index in [1.165, 1.54) is 0 Å². The van der Waals surface area contributed by atoms with Gasteiger partial charge in [0.05, 0.1) is 38.7 Å². The Morgan fingerprint density at radius 3 is 2.51 bits per heavy atom. The van der Waals surface area contributed by atoms with Crippen molar-refractivity contribution in [3.8, 4) is 23.0 Å². The van der Waals surface area contributed by atoms with Gasteiger partial charge in [-0.05, 0) is 61.0 Å². The Morgan fingerprint density at radius 1 is 1.09 bits per heavy atom. The largest absolute Gasteiger partial charge is 0.493 e.